The monoisotopic (exact) mass is 479 g/mol. The maximum atomic E-state index is 4.90. The van der Waals surface area contributed by atoms with E-state index in [0.29, 0.717) is 0 Å². The summed E-state index contributed by atoms with van der Waals surface area (Å²) in [7, 11) is 2.23. The van der Waals surface area contributed by atoms with Crippen molar-refractivity contribution in [2.24, 2.45) is 10.9 Å². The van der Waals surface area contributed by atoms with E-state index in [1.54, 1.807) is 0 Å². The second kappa shape index (κ2) is 12.4. The lowest BCUT2D eigenvalue weighted by Crippen LogP contribution is -2.49. The van der Waals surface area contributed by atoms with Crippen molar-refractivity contribution in [3.63, 3.8) is 0 Å². The molecule has 2 heterocycles. The molecule has 0 aromatic heterocycles. The van der Waals surface area contributed by atoms with Crippen LogP contribution in [0.1, 0.15) is 59.3 Å². The fourth-order valence-corrected chi connectivity index (χ4v) is 3.96. The normalized spacial score (nSPS) is 21.3. The van der Waals surface area contributed by atoms with Gasteiger partial charge in [0.05, 0.1) is 6.54 Å². The number of hydrogen-bond acceptors (Lipinski definition) is 3. The van der Waals surface area contributed by atoms with E-state index in [-0.39, 0.29) is 29.5 Å². The Hall–Kier alpha value is -0.0800. The maximum absolute atomic E-state index is 4.90. The van der Waals surface area contributed by atoms with Crippen LogP contribution in [0.4, 0.5) is 0 Å². The lowest BCUT2D eigenvalue weighted by molar-refractivity contribution is 0.102. The predicted octanol–water partition coefficient (Wildman–Crippen LogP) is 3.16. The molecule has 0 aromatic rings. The summed E-state index contributed by atoms with van der Waals surface area (Å²) in [6, 6.07) is 0. The van der Waals surface area contributed by atoms with Gasteiger partial charge in [-0.3, -0.25) is 9.89 Å². The van der Waals surface area contributed by atoms with Gasteiger partial charge in [-0.2, -0.15) is 0 Å². The van der Waals surface area contributed by atoms with Crippen molar-refractivity contribution in [3.05, 3.63) is 0 Å². The molecule has 0 atom stereocenters. The van der Waals surface area contributed by atoms with Gasteiger partial charge in [0.25, 0.3) is 0 Å². The minimum absolute atomic E-state index is 0. The maximum Gasteiger partial charge on any atom is 0.191 e. The number of nitrogens with one attached hydrogen (secondary N) is 2. The van der Waals surface area contributed by atoms with Crippen LogP contribution in [0.3, 0.4) is 0 Å². The van der Waals surface area contributed by atoms with Gasteiger partial charge >= 0.3 is 0 Å². The van der Waals surface area contributed by atoms with E-state index >= 15 is 0 Å². The number of piperidine rings is 2. The van der Waals surface area contributed by atoms with Crippen molar-refractivity contribution in [2.45, 2.75) is 64.8 Å². The van der Waals surface area contributed by atoms with E-state index in [4.69, 9.17) is 4.99 Å². The van der Waals surface area contributed by atoms with Crippen LogP contribution in [0.25, 0.3) is 0 Å². The molecule has 0 unspecified atom stereocenters. The molecule has 0 radical (unpaired) electrons. The standard InChI is InChI=1S/C20H41N5.HI/c1-5-21-19(22-12-9-18-10-15-24(4)16-11-18)23-17-20(2,3)25-13-7-6-8-14-25;/h18H,5-17H2,1-4H3,(H2,21,22,23);1H. The zero-order valence-electron chi connectivity index (χ0n) is 17.5. The first-order valence-electron chi connectivity index (χ1n) is 10.5. The summed E-state index contributed by atoms with van der Waals surface area (Å²) in [5, 5.41) is 6.98. The first-order chi connectivity index (χ1) is 12.0. The van der Waals surface area contributed by atoms with Gasteiger partial charge in [0.2, 0.25) is 0 Å². The first-order valence-corrected chi connectivity index (χ1v) is 10.5. The largest absolute Gasteiger partial charge is 0.357 e. The Kier molecular flexibility index (Phi) is 11.4. The number of rotatable bonds is 7. The number of hydrogen-bond donors (Lipinski definition) is 2. The number of guanidine groups is 1. The number of likely N-dealkylation sites (tertiary alicyclic amines) is 2. The van der Waals surface area contributed by atoms with Gasteiger partial charge in [0, 0.05) is 18.6 Å². The van der Waals surface area contributed by atoms with Crippen molar-refractivity contribution < 1.29 is 0 Å². The Morgan fingerprint density at radius 2 is 1.69 bits per heavy atom. The lowest BCUT2D eigenvalue weighted by atomic mass is 9.94. The Labute approximate surface area is 178 Å². The highest BCUT2D eigenvalue weighted by Gasteiger charge is 2.27. The molecule has 2 N–H and O–H groups in total. The van der Waals surface area contributed by atoms with Gasteiger partial charge in [0.1, 0.15) is 0 Å². The summed E-state index contributed by atoms with van der Waals surface area (Å²) in [5.74, 6) is 1.86. The van der Waals surface area contributed by atoms with E-state index in [2.05, 4.69) is 48.3 Å². The molecule has 2 saturated heterocycles. The van der Waals surface area contributed by atoms with Crippen LogP contribution in [-0.2, 0) is 0 Å². The molecule has 6 heteroatoms. The Balaban J connectivity index is 0.00000338. The van der Waals surface area contributed by atoms with E-state index in [9.17, 15) is 0 Å². The van der Waals surface area contributed by atoms with Gasteiger partial charge in [-0.25, -0.2) is 0 Å². The van der Waals surface area contributed by atoms with Crippen molar-refractivity contribution in [1.82, 2.24) is 20.4 Å². The second-order valence-electron chi connectivity index (χ2n) is 8.52. The fourth-order valence-electron chi connectivity index (χ4n) is 3.96. The number of aliphatic imine (C=N–C) groups is 1. The van der Waals surface area contributed by atoms with Gasteiger partial charge in [-0.15, -0.1) is 24.0 Å². The third kappa shape index (κ3) is 8.30. The Morgan fingerprint density at radius 1 is 1.04 bits per heavy atom. The van der Waals surface area contributed by atoms with Crippen LogP contribution < -0.4 is 10.6 Å². The van der Waals surface area contributed by atoms with E-state index in [1.165, 1.54) is 64.7 Å². The minimum Gasteiger partial charge on any atom is -0.357 e. The van der Waals surface area contributed by atoms with E-state index < -0.39 is 0 Å². The summed E-state index contributed by atoms with van der Waals surface area (Å²) in [5.41, 5.74) is 0.150. The average molecular weight is 479 g/mol. The molecular weight excluding hydrogens is 437 g/mol. The van der Waals surface area contributed by atoms with E-state index in [0.717, 1.165) is 31.5 Å². The van der Waals surface area contributed by atoms with Crippen LogP contribution in [0.5, 0.6) is 0 Å². The van der Waals surface area contributed by atoms with Gasteiger partial charge in [-0.05, 0) is 92.0 Å². The Morgan fingerprint density at radius 3 is 2.31 bits per heavy atom. The molecule has 154 valence electrons. The highest BCUT2D eigenvalue weighted by atomic mass is 127. The predicted molar refractivity (Wildman–Crippen MR) is 124 cm³/mol. The molecule has 5 nitrogen and oxygen atoms in total. The summed E-state index contributed by atoms with van der Waals surface area (Å²) in [4.78, 5) is 9.96. The molecular formula is C20H42IN5. The van der Waals surface area contributed by atoms with Gasteiger partial charge in [-0.1, -0.05) is 6.42 Å². The number of nitrogens with zero attached hydrogens (tertiary/aromatic N) is 3. The minimum atomic E-state index is 0. The summed E-state index contributed by atoms with van der Waals surface area (Å²) < 4.78 is 0. The van der Waals surface area contributed by atoms with Crippen LogP contribution in [0, 0.1) is 5.92 Å². The molecule has 0 amide bonds. The number of halogens is 1. The summed E-state index contributed by atoms with van der Waals surface area (Å²) in [6.45, 7) is 14.6. The van der Waals surface area contributed by atoms with Crippen molar-refractivity contribution in [2.75, 3.05) is 52.9 Å². The van der Waals surface area contributed by atoms with Crippen LogP contribution in [0.15, 0.2) is 4.99 Å². The molecule has 26 heavy (non-hydrogen) atoms. The quantitative estimate of drug-likeness (QED) is 0.335. The van der Waals surface area contributed by atoms with Crippen molar-refractivity contribution >= 4 is 29.9 Å². The van der Waals surface area contributed by atoms with E-state index in [1.807, 2.05) is 0 Å². The lowest BCUT2D eigenvalue weighted by Gasteiger charge is -2.40. The summed E-state index contributed by atoms with van der Waals surface area (Å²) >= 11 is 0. The van der Waals surface area contributed by atoms with Gasteiger partial charge < -0.3 is 15.5 Å². The van der Waals surface area contributed by atoms with Crippen LogP contribution in [-0.4, -0.2) is 74.2 Å². The smallest absolute Gasteiger partial charge is 0.191 e. The first kappa shape index (κ1) is 24.0. The molecule has 0 aliphatic carbocycles. The topological polar surface area (TPSA) is 42.9 Å². The molecule has 2 fully saturated rings. The average Bonchev–Trinajstić information content (AvgIpc) is 2.62. The van der Waals surface area contributed by atoms with Crippen LogP contribution >= 0.6 is 24.0 Å². The SMILES string of the molecule is CCNC(=NCC(C)(C)N1CCCCC1)NCCC1CCN(C)CC1.I. The molecule has 0 bridgehead atoms. The van der Waals surface area contributed by atoms with Crippen molar-refractivity contribution in [3.8, 4) is 0 Å². The molecule has 2 aliphatic rings. The van der Waals surface area contributed by atoms with Crippen molar-refractivity contribution in [1.29, 1.82) is 0 Å². The molecule has 2 aliphatic heterocycles. The van der Waals surface area contributed by atoms with Crippen LogP contribution in [0.2, 0.25) is 0 Å². The highest BCUT2D eigenvalue weighted by Crippen LogP contribution is 2.21. The highest BCUT2D eigenvalue weighted by molar-refractivity contribution is 14.0. The molecule has 0 spiro atoms. The fraction of sp³-hybridized carbons (Fsp3) is 0.950. The summed E-state index contributed by atoms with van der Waals surface area (Å²) in [6.07, 6.45) is 8.00. The third-order valence-corrected chi connectivity index (χ3v) is 5.86. The molecule has 0 aromatic carbocycles. The molecule has 0 saturated carbocycles. The zero-order chi connectivity index (χ0) is 18.1. The zero-order valence-corrected chi connectivity index (χ0v) is 19.8. The van der Waals surface area contributed by atoms with Gasteiger partial charge in [0.15, 0.2) is 5.96 Å². The second-order valence-corrected chi connectivity index (χ2v) is 8.52. The molecule has 2 rings (SSSR count). The third-order valence-electron chi connectivity index (χ3n) is 5.86. The Bertz CT molecular complexity index is 399.